The number of thiazole rings is 1. The molecular formula is C17H16N2O2S2. The maximum absolute atomic E-state index is 12.9. The van der Waals surface area contributed by atoms with Gasteiger partial charge in [0.2, 0.25) is 0 Å². The quantitative estimate of drug-likeness (QED) is 0.783. The van der Waals surface area contributed by atoms with Gasteiger partial charge in [0.15, 0.2) is 15.0 Å². The number of nitrogen functional groups attached to an aromatic ring is 1. The highest BCUT2D eigenvalue weighted by molar-refractivity contribution is 7.90. The van der Waals surface area contributed by atoms with E-state index in [0.717, 1.165) is 11.1 Å². The number of sulfone groups is 1. The molecule has 1 aromatic heterocycles. The molecule has 0 fully saturated rings. The SMILES string of the molecule is Cc1ccc(S(=O)(=O)Cc2ccccc2)c(-c2csc(N)n2)c1. The van der Waals surface area contributed by atoms with E-state index >= 15 is 0 Å². The van der Waals surface area contributed by atoms with Gasteiger partial charge < -0.3 is 5.73 Å². The van der Waals surface area contributed by atoms with Crippen molar-refractivity contribution >= 4 is 26.3 Å². The lowest BCUT2D eigenvalue weighted by atomic mass is 10.1. The van der Waals surface area contributed by atoms with Crippen LogP contribution in [0.15, 0.2) is 58.8 Å². The first-order valence-electron chi connectivity index (χ1n) is 7.04. The predicted molar refractivity (Wildman–Crippen MR) is 94.0 cm³/mol. The molecule has 0 radical (unpaired) electrons. The number of hydrogen-bond donors (Lipinski definition) is 1. The van der Waals surface area contributed by atoms with Crippen molar-refractivity contribution in [1.29, 1.82) is 0 Å². The number of nitrogens with zero attached hydrogens (tertiary/aromatic N) is 1. The molecule has 2 aromatic carbocycles. The summed E-state index contributed by atoms with van der Waals surface area (Å²) in [6.45, 7) is 1.92. The van der Waals surface area contributed by atoms with E-state index in [1.54, 1.807) is 17.5 Å². The zero-order chi connectivity index (χ0) is 16.4. The summed E-state index contributed by atoms with van der Waals surface area (Å²) in [5.74, 6) is -0.0382. The van der Waals surface area contributed by atoms with Gasteiger partial charge in [-0.2, -0.15) is 0 Å². The summed E-state index contributed by atoms with van der Waals surface area (Å²) in [5, 5.41) is 2.21. The summed E-state index contributed by atoms with van der Waals surface area (Å²) in [7, 11) is -3.48. The fourth-order valence-electron chi connectivity index (χ4n) is 2.40. The Balaban J connectivity index is 2.09. The molecule has 0 aliphatic carbocycles. The first kappa shape index (κ1) is 15.7. The zero-order valence-corrected chi connectivity index (χ0v) is 14.2. The Morgan fingerprint density at radius 2 is 1.87 bits per heavy atom. The van der Waals surface area contributed by atoms with Crippen LogP contribution in [0.5, 0.6) is 0 Å². The van der Waals surface area contributed by atoms with Gasteiger partial charge in [0, 0.05) is 10.9 Å². The van der Waals surface area contributed by atoms with Crippen molar-refractivity contribution in [2.24, 2.45) is 0 Å². The number of anilines is 1. The Bertz CT molecular complexity index is 932. The van der Waals surface area contributed by atoms with Crippen LogP contribution in [0.3, 0.4) is 0 Å². The third-order valence-corrected chi connectivity index (χ3v) is 5.88. The van der Waals surface area contributed by atoms with Crippen LogP contribution in [-0.2, 0) is 15.6 Å². The van der Waals surface area contributed by atoms with Crippen LogP contribution in [0.25, 0.3) is 11.3 Å². The highest BCUT2D eigenvalue weighted by atomic mass is 32.2. The van der Waals surface area contributed by atoms with E-state index in [1.807, 2.05) is 43.3 Å². The summed E-state index contributed by atoms with van der Waals surface area (Å²) in [4.78, 5) is 4.52. The lowest BCUT2D eigenvalue weighted by Gasteiger charge is -2.10. The average molecular weight is 344 g/mol. The molecule has 0 bridgehead atoms. The summed E-state index contributed by atoms with van der Waals surface area (Å²) < 4.78 is 25.7. The highest BCUT2D eigenvalue weighted by Gasteiger charge is 2.21. The van der Waals surface area contributed by atoms with Gasteiger partial charge in [-0.15, -0.1) is 11.3 Å². The molecule has 1 heterocycles. The smallest absolute Gasteiger partial charge is 0.183 e. The van der Waals surface area contributed by atoms with Crippen LogP contribution in [0.1, 0.15) is 11.1 Å². The zero-order valence-electron chi connectivity index (χ0n) is 12.6. The standard InChI is InChI=1S/C17H16N2O2S2/c1-12-7-8-16(14(9-12)15-10-22-17(18)19-15)23(20,21)11-13-5-3-2-4-6-13/h2-10H,11H2,1H3,(H2,18,19). The molecule has 3 aromatic rings. The van der Waals surface area contributed by atoms with Gasteiger partial charge in [0.1, 0.15) is 0 Å². The summed E-state index contributed by atoms with van der Waals surface area (Å²) in [6, 6.07) is 14.5. The first-order valence-corrected chi connectivity index (χ1v) is 9.57. The second-order valence-corrected chi connectivity index (χ2v) is 8.16. The molecule has 3 rings (SSSR count). The van der Waals surface area contributed by atoms with E-state index in [9.17, 15) is 8.42 Å². The molecule has 118 valence electrons. The van der Waals surface area contributed by atoms with Crippen molar-refractivity contribution in [2.45, 2.75) is 17.6 Å². The molecule has 0 amide bonds. The summed E-state index contributed by atoms with van der Waals surface area (Å²) in [6.07, 6.45) is 0. The van der Waals surface area contributed by atoms with Gasteiger partial charge >= 0.3 is 0 Å². The largest absolute Gasteiger partial charge is 0.375 e. The van der Waals surface area contributed by atoms with Gasteiger partial charge in [0.05, 0.1) is 16.3 Å². The second kappa shape index (κ2) is 6.14. The molecule has 0 saturated carbocycles. The normalized spacial score (nSPS) is 11.5. The highest BCUT2D eigenvalue weighted by Crippen LogP contribution is 2.31. The monoisotopic (exact) mass is 344 g/mol. The van der Waals surface area contributed by atoms with E-state index in [-0.39, 0.29) is 10.6 Å². The average Bonchev–Trinajstić information content (AvgIpc) is 2.94. The molecule has 4 nitrogen and oxygen atoms in total. The van der Waals surface area contributed by atoms with E-state index in [1.165, 1.54) is 11.3 Å². The van der Waals surface area contributed by atoms with Crippen LogP contribution < -0.4 is 5.73 Å². The minimum atomic E-state index is -3.48. The molecule has 6 heteroatoms. The molecule has 0 saturated heterocycles. The van der Waals surface area contributed by atoms with E-state index in [4.69, 9.17) is 5.73 Å². The van der Waals surface area contributed by atoms with Crippen LogP contribution in [-0.4, -0.2) is 13.4 Å². The molecule has 0 atom stereocenters. The Labute approximate surface area is 139 Å². The topological polar surface area (TPSA) is 73.0 Å². The van der Waals surface area contributed by atoms with Crippen LogP contribution in [0, 0.1) is 6.92 Å². The van der Waals surface area contributed by atoms with Crippen molar-refractivity contribution in [3.63, 3.8) is 0 Å². The van der Waals surface area contributed by atoms with Crippen molar-refractivity contribution in [3.8, 4) is 11.3 Å². The Morgan fingerprint density at radius 3 is 2.52 bits per heavy atom. The minimum Gasteiger partial charge on any atom is -0.375 e. The lowest BCUT2D eigenvalue weighted by molar-refractivity contribution is 0.595. The summed E-state index contributed by atoms with van der Waals surface area (Å²) in [5.41, 5.74) is 8.64. The third-order valence-electron chi connectivity index (χ3n) is 3.47. The van der Waals surface area contributed by atoms with Crippen molar-refractivity contribution in [3.05, 3.63) is 65.0 Å². The van der Waals surface area contributed by atoms with Crippen LogP contribution in [0.2, 0.25) is 0 Å². The van der Waals surface area contributed by atoms with Gasteiger partial charge in [-0.05, 0) is 24.6 Å². The number of rotatable bonds is 4. The summed E-state index contributed by atoms with van der Waals surface area (Å²) >= 11 is 1.30. The van der Waals surface area contributed by atoms with Gasteiger partial charge in [-0.3, -0.25) is 0 Å². The fourth-order valence-corrected chi connectivity index (χ4v) is 4.52. The molecule has 0 aliphatic heterocycles. The number of aryl methyl sites for hydroxylation is 1. The van der Waals surface area contributed by atoms with Gasteiger partial charge in [0.25, 0.3) is 0 Å². The minimum absolute atomic E-state index is 0.0382. The van der Waals surface area contributed by atoms with E-state index in [0.29, 0.717) is 16.4 Å². The van der Waals surface area contributed by atoms with Crippen LogP contribution >= 0.6 is 11.3 Å². The molecule has 23 heavy (non-hydrogen) atoms. The molecular weight excluding hydrogens is 328 g/mol. The van der Waals surface area contributed by atoms with E-state index in [2.05, 4.69) is 4.98 Å². The van der Waals surface area contributed by atoms with Crippen molar-refractivity contribution < 1.29 is 8.42 Å². The number of benzene rings is 2. The number of hydrogen-bond acceptors (Lipinski definition) is 5. The molecule has 0 aliphatic rings. The molecule has 2 N–H and O–H groups in total. The Kier molecular flexibility index (Phi) is 4.19. The van der Waals surface area contributed by atoms with Gasteiger partial charge in [-0.25, -0.2) is 13.4 Å². The molecule has 0 unspecified atom stereocenters. The Morgan fingerprint density at radius 1 is 1.13 bits per heavy atom. The number of nitrogens with two attached hydrogens (primary N) is 1. The Hall–Kier alpha value is -2.18. The predicted octanol–water partition coefficient (Wildman–Crippen LogP) is 3.67. The van der Waals surface area contributed by atoms with Gasteiger partial charge in [-0.1, -0.05) is 42.0 Å². The van der Waals surface area contributed by atoms with Crippen LogP contribution in [0.4, 0.5) is 5.13 Å². The number of aromatic nitrogens is 1. The maximum atomic E-state index is 12.9. The first-order chi connectivity index (χ1) is 11.0. The third kappa shape index (κ3) is 3.43. The van der Waals surface area contributed by atoms with Crippen molar-refractivity contribution in [1.82, 2.24) is 4.98 Å². The second-order valence-electron chi connectivity index (χ2n) is 5.32. The maximum Gasteiger partial charge on any atom is 0.183 e. The van der Waals surface area contributed by atoms with Crippen molar-refractivity contribution in [2.75, 3.05) is 5.73 Å². The lowest BCUT2D eigenvalue weighted by Crippen LogP contribution is -2.07. The molecule has 0 spiro atoms. The fraction of sp³-hybridized carbons (Fsp3) is 0.118. The van der Waals surface area contributed by atoms with E-state index < -0.39 is 9.84 Å².